The van der Waals surface area contributed by atoms with Gasteiger partial charge in [-0.1, -0.05) is 0 Å². The molecular formula is C20H23FN6O2. The Labute approximate surface area is 168 Å². The topological polar surface area (TPSA) is 103 Å². The minimum Gasteiger partial charge on any atom is -0.364 e. The van der Waals surface area contributed by atoms with Gasteiger partial charge in [-0.05, 0) is 32.0 Å². The van der Waals surface area contributed by atoms with Crippen molar-refractivity contribution in [1.29, 1.82) is 5.26 Å². The summed E-state index contributed by atoms with van der Waals surface area (Å²) < 4.78 is 20.4. The molecule has 0 radical (unpaired) electrons. The van der Waals surface area contributed by atoms with Gasteiger partial charge in [0.2, 0.25) is 0 Å². The van der Waals surface area contributed by atoms with E-state index < -0.39 is 11.8 Å². The molecule has 1 unspecified atom stereocenters. The zero-order chi connectivity index (χ0) is 20.4. The highest BCUT2D eigenvalue weighted by atomic mass is 19.1. The number of amides is 1. The normalized spacial score (nSPS) is 27.0. The number of aromatic nitrogens is 2. The molecule has 3 atom stereocenters. The highest BCUT2D eigenvalue weighted by molar-refractivity contribution is 5.92. The first-order valence-electron chi connectivity index (χ1n) is 9.71. The van der Waals surface area contributed by atoms with Crippen LogP contribution in [0.1, 0.15) is 18.9 Å². The third-order valence-corrected chi connectivity index (χ3v) is 5.39. The van der Waals surface area contributed by atoms with Crippen LogP contribution in [0.4, 0.5) is 10.1 Å². The highest BCUT2D eigenvalue weighted by Crippen LogP contribution is 2.29. The van der Waals surface area contributed by atoms with Crippen molar-refractivity contribution in [2.75, 3.05) is 37.6 Å². The van der Waals surface area contributed by atoms with Gasteiger partial charge >= 0.3 is 0 Å². The molecule has 2 aliphatic rings. The zero-order valence-electron chi connectivity index (χ0n) is 16.2. The predicted molar refractivity (Wildman–Crippen MR) is 105 cm³/mol. The molecule has 3 heterocycles. The van der Waals surface area contributed by atoms with E-state index in [9.17, 15) is 14.4 Å². The Morgan fingerprint density at radius 3 is 2.93 bits per heavy atom. The molecule has 9 heteroatoms. The van der Waals surface area contributed by atoms with Crippen molar-refractivity contribution in [3.8, 4) is 6.07 Å². The second-order valence-electron chi connectivity index (χ2n) is 7.63. The third kappa shape index (κ3) is 3.99. The Morgan fingerprint density at radius 2 is 2.21 bits per heavy atom. The quantitative estimate of drug-likeness (QED) is 0.789. The van der Waals surface area contributed by atoms with Gasteiger partial charge in [0, 0.05) is 25.5 Å². The number of rotatable bonds is 4. The summed E-state index contributed by atoms with van der Waals surface area (Å²) in [5.41, 5.74) is 0.974. The molecule has 2 N–H and O–H groups in total. The first kappa shape index (κ1) is 19.5. The van der Waals surface area contributed by atoms with Crippen molar-refractivity contribution in [3.63, 3.8) is 0 Å². The van der Waals surface area contributed by atoms with Crippen LogP contribution in [0.15, 0.2) is 24.5 Å². The Morgan fingerprint density at radius 1 is 1.41 bits per heavy atom. The number of fused-ring (bicyclic) bond motifs is 1. The van der Waals surface area contributed by atoms with Gasteiger partial charge in [0.1, 0.15) is 22.8 Å². The molecule has 2 aromatic rings. The molecule has 2 fully saturated rings. The molecule has 8 nitrogen and oxygen atoms in total. The van der Waals surface area contributed by atoms with Gasteiger partial charge in [0.15, 0.2) is 6.10 Å². The van der Waals surface area contributed by atoms with E-state index in [-0.39, 0.29) is 25.1 Å². The Balaban J connectivity index is 1.53. The van der Waals surface area contributed by atoms with Crippen molar-refractivity contribution < 1.29 is 13.9 Å². The molecule has 0 saturated carbocycles. The smallest absolute Gasteiger partial charge is 0.251 e. The van der Waals surface area contributed by atoms with E-state index in [1.54, 1.807) is 18.5 Å². The van der Waals surface area contributed by atoms with E-state index in [4.69, 9.17) is 4.74 Å². The lowest BCUT2D eigenvalue weighted by atomic mass is 10.1. The summed E-state index contributed by atoms with van der Waals surface area (Å²) in [5.74, 6) is -0.325. The maximum Gasteiger partial charge on any atom is 0.251 e. The first-order valence-corrected chi connectivity index (χ1v) is 9.71. The first-order chi connectivity index (χ1) is 14.0. The summed E-state index contributed by atoms with van der Waals surface area (Å²) in [4.78, 5) is 23.4. The molecule has 2 saturated heterocycles. The van der Waals surface area contributed by atoms with Crippen LogP contribution in [-0.4, -0.2) is 66.5 Å². The van der Waals surface area contributed by atoms with E-state index in [2.05, 4.69) is 26.7 Å². The number of halogens is 1. The average Bonchev–Trinajstić information content (AvgIpc) is 3.17. The number of nitriles is 1. The fourth-order valence-electron chi connectivity index (χ4n) is 3.90. The Bertz CT molecular complexity index is 956. The molecule has 1 amide bonds. The van der Waals surface area contributed by atoms with Gasteiger partial charge in [0.05, 0.1) is 30.4 Å². The van der Waals surface area contributed by atoms with Gasteiger partial charge in [0.25, 0.3) is 5.91 Å². The minimum absolute atomic E-state index is 0.0294. The van der Waals surface area contributed by atoms with Crippen LogP contribution >= 0.6 is 0 Å². The van der Waals surface area contributed by atoms with E-state index in [0.717, 1.165) is 5.69 Å². The molecule has 0 bridgehead atoms. The molecule has 0 aliphatic carbocycles. The minimum atomic E-state index is -1.41. The molecular weight excluding hydrogens is 375 g/mol. The molecule has 29 heavy (non-hydrogen) atoms. The predicted octanol–water partition coefficient (Wildman–Crippen LogP) is 0.913. The standard InChI is InChI=1S/C20H23FN6O2/c1-13-9-27(15-3-2-14(8-22)17-18(15)25-7-6-24-17)10-16(29-13)19(28)26-12-20(21)4-5-23-11-20/h2-3,6-7,13,16,23H,4-5,9-12H2,1H3,(H,26,28)/t13-,16-,20?/m1/s1. The molecule has 2 aliphatic heterocycles. The van der Waals surface area contributed by atoms with Crippen LogP contribution in [0.5, 0.6) is 0 Å². The molecule has 1 aromatic carbocycles. The van der Waals surface area contributed by atoms with E-state index in [1.165, 1.54) is 0 Å². The van der Waals surface area contributed by atoms with E-state index >= 15 is 0 Å². The summed E-state index contributed by atoms with van der Waals surface area (Å²) >= 11 is 0. The maximum absolute atomic E-state index is 14.5. The number of hydrogen-bond donors (Lipinski definition) is 2. The van der Waals surface area contributed by atoms with Crippen LogP contribution in [0.25, 0.3) is 11.0 Å². The fraction of sp³-hybridized carbons (Fsp3) is 0.500. The lowest BCUT2D eigenvalue weighted by Crippen LogP contribution is -2.54. The molecule has 0 spiro atoms. The van der Waals surface area contributed by atoms with Gasteiger partial charge in [-0.3, -0.25) is 14.8 Å². The number of carbonyl (C=O) groups is 1. The Kier molecular flexibility index (Phi) is 5.30. The molecule has 4 rings (SSSR count). The monoisotopic (exact) mass is 398 g/mol. The number of nitrogens with zero attached hydrogens (tertiary/aromatic N) is 4. The number of nitrogens with one attached hydrogen (secondary N) is 2. The van der Waals surface area contributed by atoms with Crippen molar-refractivity contribution in [2.24, 2.45) is 0 Å². The number of morpholine rings is 1. The van der Waals surface area contributed by atoms with Crippen LogP contribution in [0.2, 0.25) is 0 Å². The van der Waals surface area contributed by atoms with Crippen molar-refractivity contribution in [2.45, 2.75) is 31.2 Å². The van der Waals surface area contributed by atoms with Gasteiger partial charge in [-0.15, -0.1) is 0 Å². The van der Waals surface area contributed by atoms with Crippen LogP contribution in [0.3, 0.4) is 0 Å². The van der Waals surface area contributed by atoms with Gasteiger partial charge in [-0.25, -0.2) is 4.39 Å². The van der Waals surface area contributed by atoms with Crippen molar-refractivity contribution >= 4 is 22.6 Å². The lowest BCUT2D eigenvalue weighted by Gasteiger charge is -2.38. The number of hydrogen-bond acceptors (Lipinski definition) is 7. The molecule has 152 valence electrons. The average molecular weight is 398 g/mol. The highest BCUT2D eigenvalue weighted by Gasteiger charge is 2.36. The number of alkyl halides is 1. The number of benzene rings is 1. The number of ether oxygens (including phenoxy) is 1. The van der Waals surface area contributed by atoms with Gasteiger partial charge < -0.3 is 20.3 Å². The lowest BCUT2D eigenvalue weighted by molar-refractivity contribution is -0.137. The van der Waals surface area contributed by atoms with Crippen LogP contribution in [-0.2, 0) is 9.53 Å². The second-order valence-corrected chi connectivity index (χ2v) is 7.63. The SMILES string of the molecule is C[C@@H]1CN(c2ccc(C#N)c3nccnc23)C[C@H](C(=O)NCC2(F)CCNC2)O1. The summed E-state index contributed by atoms with van der Waals surface area (Å²) in [6.07, 6.45) is 2.60. The van der Waals surface area contributed by atoms with E-state index in [1.807, 2.05) is 17.9 Å². The zero-order valence-corrected chi connectivity index (χ0v) is 16.2. The van der Waals surface area contributed by atoms with E-state index in [0.29, 0.717) is 42.7 Å². The maximum atomic E-state index is 14.5. The molecule has 1 aromatic heterocycles. The summed E-state index contributed by atoms with van der Waals surface area (Å²) in [6, 6.07) is 5.66. The van der Waals surface area contributed by atoms with Crippen molar-refractivity contribution in [3.05, 3.63) is 30.1 Å². The number of anilines is 1. The second kappa shape index (κ2) is 7.89. The largest absolute Gasteiger partial charge is 0.364 e. The van der Waals surface area contributed by atoms with Gasteiger partial charge in [-0.2, -0.15) is 5.26 Å². The summed E-state index contributed by atoms with van der Waals surface area (Å²) in [6.45, 7) is 3.60. The summed E-state index contributed by atoms with van der Waals surface area (Å²) in [5, 5.41) is 15.0. The third-order valence-electron chi connectivity index (χ3n) is 5.39. The van der Waals surface area contributed by atoms with Crippen LogP contribution in [0, 0.1) is 11.3 Å². The Hall–Kier alpha value is -2.83. The summed E-state index contributed by atoms with van der Waals surface area (Å²) in [7, 11) is 0. The van der Waals surface area contributed by atoms with Crippen molar-refractivity contribution in [1.82, 2.24) is 20.6 Å². The van der Waals surface area contributed by atoms with Crippen LogP contribution < -0.4 is 15.5 Å². The fourth-order valence-corrected chi connectivity index (χ4v) is 3.90. The number of carbonyl (C=O) groups excluding carboxylic acids is 1.